The number of benzene rings is 2. The quantitative estimate of drug-likeness (QED) is 0.750. The third kappa shape index (κ3) is 3.03. The first-order chi connectivity index (χ1) is 11.8. The van der Waals surface area contributed by atoms with Crippen molar-refractivity contribution in [2.75, 3.05) is 26.6 Å². The van der Waals surface area contributed by atoms with Crippen LogP contribution in [0.1, 0.15) is 5.56 Å². The van der Waals surface area contributed by atoms with Gasteiger partial charge in [0.05, 0.1) is 32.4 Å². The Morgan fingerprint density at radius 1 is 0.917 bits per heavy atom. The largest absolute Gasteiger partial charge is 0.496 e. The van der Waals surface area contributed by atoms with Crippen molar-refractivity contribution in [2.45, 2.75) is 6.54 Å². The number of methoxy groups -OCH3 is 3. The highest BCUT2D eigenvalue weighted by Crippen LogP contribution is 2.34. The second kappa shape index (κ2) is 7.04. The molecule has 24 heavy (non-hydrogen) atoms. The van der Waals surface area contributed by atoms with Gasteiger partial charge in [0.15, 0.2) is 0 Å². The number of rotatable bonds is 6. The number of fused-ring (bicyclic) bond motifs is 1. The van der Waals surface area contributed by atoms with Crippen molar-refractivity contribution in [3.05, 3.63) is 48.3 Å². The zero-order valence-electron chi connectivity index (χ0n) is 13.9. The summed E-state index contributed by atoms with van der Waals surface area (Å²) >= 11 is 0. The highest BCUT2D eigenvalue weighted by atomic mass is 16.5. The fourth-order valence-corrected chi connectivity index (χ4v) is 2.57. The van der Waals surface area contributed by atoms with Crippen molar-refractivity contribution in [1.29, 1.82) is 0 Å². The normalized spacial score (nSPS) is 10.5. The summed E-state index contributed by atoms with van der Waals surface area (Å²) < 4.78 is 16.2. The minimum absolute atomic E-state index is 0.497. The summed E-state index contributed by atoms with van der Waals surface area (Å²) in [6.45, 7) is 0.497. The molecule has 0 aliphatic rings. The third-order valence-electron chi connectivity index (χ3n) is 3.79. The van der Waals surface area contributed by atoms with Gasteiger partial charge in [0.25, 0.3) is 0 Å². The first-order valence-corrected chi connectivity index (χ1v) is 7.49. The van der Waals surface area contributed by atoms with Crippen LogP contribution < -0.4 is 19.5 Å². The molecule has 3 aromatic rings. The van der Waals surface area contributed by atoms with E-state index in [1.807, 2.05) is 36.4 Å². The lowest BCUT2D eigenvalue weighted by Crippen LogP contribution is -2.06. The maximum atomic E-state index is 5.47. The van der Waals surface area contributed by atoms with Gasteiger partial charge in [-0.1, -0.05) is 12.1 Å². The van der Waals surface area contributed by atoms with Crippen LogP contribution in [0, 0.1) is 0 Å². The maximum Gasteiger partial charge on any atom is 0.137 e. The predicted molar refractivity (Wildman–Crippen MR) is 93.0 cm³/mol. The molecule has 0 saturated carbocycles. The van der Waals surface area contributed by atoms with Crippen LogP contribution in [0.4, 0.5) is 5.82 Å². The van der Waals surface area contributed by atoms with Crippen LogP contribution in [0.15, 0.2) is 42.7 Å². The van der Waals surface area contributed by atoms with E-state index in [4.69, 9.17) is 14.2 Å². The number of aromatic nitrogens is 2. The molecule has 0 bridgehead atoms. The van der Waals surface area contributed by atoms with Crippen LogP contribution >= 0.6 is 0 Å². The van der Waals surface area contributed by atoms with Gasteiger partial charge in [0, 0.05) is 24.1 Å². The minimum Gasteiger partial charge on any atom is -0.496 e. The lowest BCUT2D eigenvalue weighted by Gasteiger charge is -2.16. The highest BCUT2D eigenvalue weighted by Gasteiger charge is 2.14. The Morgan fingerprint density at radius 3 is 2.29 bits per heavy atom. The van der Waals surface area contributed by atoms with E-state index < -0.39 is 0 Å². The molecular weight excluding hydrogens is 306 g/mol. The summed E-state index contributed by atoms with van der Waals surface area (Å²) in [5, 5.41) is 4.30. The Labute approximate surface area is 140 Å². The number of nitrogens with one attached hydrogen (secondary N) is 1. The van der Waals surface area contributed by atoms with Crippen LogP contribution in [0.3, 0.4) is 0 Å². The fraction of sp³-hybridized carbons (Fsp3) is 0.222. The van der Waals surface area contributed by atoms with E-state index in [1.54, 1.807) is 27.7 Å². The van der Waals surface area contributed by atoms with E-state index in [-0.39, 0.29) is 0 Å². The standard InChI is InChI=1S/C18H19N3O3/c1-22-12-8-16(23-2)14(17(9-12)24-3)10-19-18-13-6-4-5-7-15(13)20-11-21-18/h4-9,11H,10H2,1-3H3,(H,19,20,21). The van der Waals surface area contributed by atoms with Gasteiger partial charge in [-0.15, -0.1) is 0 Å². The first-order valence-electron chi connectivity index (χ1n) is 7.49. The van der Waals surface area contributed by atoms with E-state index >= 15 is 0 Å². The molecule has 0 fully saturated rings. The van der Waals surface area contributed by atoms with Crippen molar-refractivity contribution >= 4 is 16.7 Å². The van der Waals surface area contributed by atoms with Gasteiger partial charge in [-0.3, -0.25) is 0 Å². The SMILES string of the molecule is COc1cc(OC)c(CNc2ncnc3ccccc23)c(OC)c1. The number of hydrogen-bond acceptors (Lipinski definition) is 6. The number of hydrogen-bond donors (Lipinski definition) is 1. The van der Waals surface area contributed by atoms with Gasteiger partial charge in [-0.25, -0.2) is 9.97 Å². The monoisotopic (exact) mass is 325 g/mol. The molecule has 1 heterocycles. The van der Waals surface area contributed by atoms with Gasteiger partial charge in [-0.2, -0.15) is 0 Å². The average molecular weight is 325 g/mol. The molecule has 0 saturated heterocycles. The minimum atomic E-state index is 0.497. The second-order valence-corrected chi connectivity index (χ2v) is 5.10. The van der Waals surface area contributed by atoms with Crippen molar-refractivity contribution < 1.29 is 14.2 Å². The van der Waals surface area contributed by atoms with E-state index in [9.17, 15) is 0 Å². The average Bonchev–Trinajstić information content (AvgIpc) is 2.65. The van der Waals surface area contributed by atoms with Crippen molar-refractivity contribution in [3.63, 3.8) is 0 Å². The summed E-state index contributed by atoms with van der Waals surface area (Å²) in [5.41, 5.74) is 1.78. The van der Waals surface area contributed by atoms with Gasteiger partial charge in [-0.05, 0) is 12.1 Å². The Balaban J connectivity index is 1.93. The summed E-state index contributed by atoms with van der Waals surface area (Å²) in [6, 6.07) is 11.5. The molecule has 3 rings (SSSR count). The molecule has 1 N–H and O–H groups in total. The number of anilines is 1. The number of para-hydroxylation sites is 1. The summed E-state index contributed by atoms with van der Waals surface area (Å²) in [4.78, 5) is 8.61. The molecule has 0 unspecified atom stereocenters. The van der Waals surface area contributed by atoms with Gasteiger partial charge in [0.2, 0.25) is 0 Å². The molecule has 2 aromatic carbocycles. The maximum absolute atomic E-state index is 5.47. The molecule has 0 aliphatic heterocycles. The fourth-order valence-electron chi connectivity index (χ4n) is 2.57. The topological polar surface area (TPSA) is 65.5 Å². The Kier molecular flexibility index (Phi) is 4.65. The van der Waals surface area contributed by atoms with Crippen LogP contribution in [0.5, 0.6) is 17.2 Å². The van der Waals surface area contributed by atoms with Crippen LogP contribution in [-0.4, -0.2) is 31.3 Å². The molecule has 0 spiro atoms. The molecule has 6 heteroatoms. The zero-order valence-corrected chi connectivity index (χ0v) is 13.9. The number of nitrogens with zero attached hydrogens (tertiary/aromatic N) is 2. The highest BCUT2D eigenvalue weighted by molar-refractivity contribution is 5.88. The van der Waals surface area contributed by atoms with E-state index in [2.05, 4.69) is 15.3 Å². The molecule has 0 aliphatic carbocycles. The predicted octanol–water partition coefficient (Wildman–Crippen LogP) is 3.27. The Bertz CT molecular complexity index is 822. The Hall–Kier alpha value is -3.02. The van der Waals surface area contributed by atoms with Crippen molar-refractivity contribution in [1.82, 2.24) is 9.97 Å². The summed E-state index contributed by atoms with van der Waals surface area (Å²) in [5.74, 6) is 2.83. The van der Waals surface area contributed by atoms with Crippen LogP contribution in [0.2, 0.25) is 0 Å². The smallest absolute Gasteiger partial charge is 0.137 e. The molecular formula is C18H19N3O3. The van der Waals surface area contributed by atoms with E-state index in [0.29, 0.717) is 23.8 Å². The lowest BCUT2D eigenvalue weighted by atomic mass is 10.1. The summed E-state index contributed by atoms with van der Waals surface area (Å²) in [6.07, 6.45) is 1.55. The van der Waals surface area contributed by atoms with Crippen molar-refractivity contribution in [3.8, 4) is 17.2 Å². The van der Waals surface area contributed by atoms with E-state index in [0.717, 1.165) is 22.3 Å². The molecule has 124 valence electrons. The zero-order chi connectivity index (χ0) is 16.9. The van der Waals surface area contributed by atoms with Crippen LogP contribution in [-0.2, 0) is 6.54 Å². The first kappa shape index (κ1) is 15.9. The van der Waals surface area contributed by atoms with Gasteiger partial charge < -0.3 is 19.5 Å². The van der Waals surface area contributed by atoms with Gasteiger partial charge in [0.1, 0.15) is 29.4 Å². The number of ether oxygens (including phenoxy) is 3. The molecule has 0 atom stereocenters. The molecule has 0 amide bonds. The second-order valence-electron chi connectivity index (χ2n) is 5.10. The Morgan fingerprint density at radius 2 is 1.62 bits per heavy atom. The van der Waals surface area contributed by atoms with E-state index in [1.165, 1.54) is 0 Å². The third-order valence-corrected chi connectivity index (χ3v) is 3.79. The van der Waals surface area contributed by atoms with Gasteiger partial charge >= 0.3 is 0 Å². The summed E-state index contributed by atoms with van der Waals surface area (Å²) in [7, 11) is 4.86. The van der Waals surface area contributed by atoms with Crippen LogP contribution in [0.25, 0.3) is 10.9 Å². The van der Waals surface area contributed by atoms with Crippen molar-refractivity contribution in [2.24, 2.45) is 0 Å². The molecule has 0 radical (unpaired) electrons. The lowest BCUT2D eigenvalue weighted by molar-refractivity contribution is 0.369. The molecule has 1 aromatic heterocycles. The molecule has 6 nitrogen and oxygen atoms in total.